The van der Waals surface area contributed by atoms with Crippen LogP contribution in [0.15, 0.2) is 24.3 Å². The van der Waals surface area contributed by atoms with Gasteiger partial charge in [-0.05, 0) is 25.0 Å². The summed E-state index contributed by atoms with van der Waals surface area (Å²) in [5, 5.41) is 1.96. The molecule has 2 rings (SSSR count). The minimum absolute atomic E-state index is 0.185. The van der Waals surface area contributed by atoms with E-state index in [1.54, 1.807) is 0 Å². The first-order valence-electron chi connectivity index (χ1n) is 7.46. The first-order chi connectivity index (χ1) is 11.6. The summed E-state index contributed by atoms with van der Waals surface area (Å²) in [6, 6.07) is 2.15. The first-order valence-corrected chi connectivity index (χ1v) is 7.46. The van der Waals surface area contributed by atoms with E-state index in [0.29, 0.717) is 4.90 Å². The maximum atomic E-state index is 13.0. The Balaban J connectivity index is 2.22. The number of ether oxygens (including phenoxy) is 1. The molecular weight excluding hydrogens is 354 g/mol. The Morgan fingerprint density at radius 1 is 1.12 bits per heavy atom. The Bertz CT molecular complexity index is 596. The number of alkyl halides is 6. The number of halogens is 6. The lowest BCUT2D eigenvalue weighted by molar-refractivity contribution is -0.146. The molecule has 0 aliphatic carbocycles. The topological polar surface area (TPSA) is 41.6 Å². The highest BCUT2D eigenvalue weighted by Gasteiger charge is 2.38. The number of amides is 2. The highest BCUT2D eigenvalue weighted by Crippen LogP contribution is 2.35. The van der Waals surface area contributed by atoms with E-state index in [2.05, 4.69) is 0 Å². The summed E-state index contributed by atoms with van der Waals surface area (Å²) >= 11 is 0. The van der Waals surface area contributed by atoms with Gasteiger partial charge < -0.3 is 15.0 Å². The average Bonchev–Trinajstić information content (AvgIpc) is 2.52. The Labute approximate surface area is 139 Å². The van der Waals surface area contributed by atoms with Crippen molar-refractivity contribution in [2.75, 3.05) is 25.1 Å². The van der Waals surface area contributed by atoms with Gasteiger partial charge in [-0.1, -0.05) is 12.1 Å². The zero-order valence-corrected chi connectivity index (χ0v) is 13.0. The molecule has 0 bridgehead atoms. The van der Waals surface area contributed by atoms with Crippen LogP contribution in [-0.4, -0.2) is 42.9 Å². The molecule has 0 atom stereocenters. The second kappa shape index (κ2) is 7.51. The molecule has 10 heteroatoms. The minimum Gasteiger partial charge on any atom is -0.381 e. The minimum atomic E-state index is -4.74. The number of para-hydroxylation sites is 1. The van der Waals surface area contributed by atoms with Crippen molar-refractivity contribution in [2.45, 2.75) is 31.2 Å². The molecule has 1 aromatic carbocycles. The summed E-state index contributed by atoms with van der Waals surface area (Å²) < 4.78 is 82.3. The molecule has 0 unspecified atom stereocenters. The SMILES string of the molecule is O=C(Nc1ccccc1C(F)(F)F)N(CC(F)(F)F)C1CCOCC1. The lowest BCUT2D eigenvalue weighted by Crippen LogP contribution is -2.49. The number of anilines is 1. The molecule has 1 heterocycles. The predicted octanol–water partition coefficient (Wildman–Crippen LogP) is 4.28. The number of hydrogen-bond donors (Lipinski definition) is 1. The monoisotopic (exact) mass is 370 g/mol. The van der Waals surface area contributed by atoms with Gasteiger partial charge in [-0.2, -0.15) is 26.3 Å². The maximum absolute atomic E-state index is 13.0. The maximum Gasteiger partial charge on any atom is 0.418 e. The van der Waals surface area contributed by atoms with Gasteiger partial charge in [0, 0.05) is 19.3 Å². The van der Waals surface area contributed by atoms with Crippen LogP contribution in [0.2, 0.25) is 0 Å². The smallest absolute Gasteiger partial charge is 0.381 e. The quantitative estimate of drug-likeness (QED) is 0.807. The summed E-state index contributed by atoms with van der Waals surface area (Å²) in [6.07, 6.45) is -9.04. The van der Waals surface area contributed by atoms with E-state index in [0.717, 1.165) is 18.2 Å². The molecule has 140 valence electrons. The summed E-state index contributed by atoms with van der Waals surface area (Å²) in [7, 11) is 0. The lowest BCUT2D eigenvalue weighted by atomic mass is 10.1. The van der Waals surface area contributed by atoms with Crippen molar-refractivity contribution in [1.29, 1.82) is 0 Å². The molecule has 25 heavy (non-hydrogen) atoms. The van der Waals surface area contributed by atoms with Crippen LogP contribution in [0.4, 0.5) is 36.8 Å². The van der Waals surface area contributed by atoms with E-state index in [1.807, 2.05) is 5.32 Å². The van der Waals surface area contributed by atoms with Crippen LogP contribution in [0.3, 0.4) is 0 Å². The van der Waals surface area contributed by atoms with Crippen molar-refractivity contribution in [3.05, 3.63) is 29.8 Å². The highest BCUT2D eigenvalue weighted by atomic mass is 19.4. The number of rotatable bonds is 3. The number of nitrogens with one attached hydrogen (secondary N) is 1. The van der Waals surface area contributed by atoms with Gasteiger partial charge in [0.05, 0.1) is 11.3 Å². The lowest BCUT2D eigenvalue weighted by Gasteiger charge is -2.35. The third kappa shape index (κ3) is 5.52. The average molecular weight is 370 g/mol. The Kier molecular flexibility index (Phi) is 5.81. The van der Waals surface area contributed by atoms with Crippen molar-refractivity contribution in [3.63, 3.8) is 0 Å². The zero-order valence-electron chi connectivity index (χ0n) is 13.0. The fourth-order valence-corrected chi connectivity index (χ4v) is 2.58. The van der Waals surface area contributed by atoms with E-state index in [9.17, 15) is 31.1 Å². The Morgan fingerprint density at radius 2 is 1.72 bits per heavy atom. The summed E-state index contributed by atoms with van der Waals surface area (Å²) in [5.41, 5.74) is -1.71. The molecule has 0 spiro atoms. The van der Waals surface area contributed by atoms with Crippen molar-refractivity contribution >= 4 is 11.7 Å². The molecule has 2 amide bonds. The normalized spacial score (nSPS) is 16.6. The summed E-state index contributed by atoms with van der Waals surface area (Å²) in [6.45, 7) is -1.17. The van der Waals surface area contributed by atoms with Gasteiger partial charge in [0.1, 0.15) is 6.54 Å². The number of nitrogens with zero attached hydrogens (tertiary/aromatic N) is 1. The van der Waals surface area contributed by atoms with Gasteiger partial charge >= 0.3 is 18.4 Å². The van der Waals surface area contributed by atoms with E-state index >= 15 is 0 Å². The molecular formula is C15H16F6N2O2. The zero-order chi connectivity index (χ0) is 18.7. The standard InChI is InChI=1S/C15H16F6N2O2/c16-14(17,18)9-23(10-5-7-25-8-6-10)13(24)22-12-4-2-1-3-11(12)15(19,20)21/h1-4,10H,5-9H2,(H,22,24). The van der Waals surface area contributed by atoms with Crippen LogP contribution in [0, 0.1) is 0 Å². The van der Waals surface area contributed by atoms with E-state index in [1.165, 1.54) is 6.07 Å². The molecule has 0 aromatic heterocycles. The van der Waals surface area contributed by atoms with Gasteiger partial charge in [0.15, 0.2) is 0 Å². The molecule has 1 aromatic rings. The molecule has 0 radical (unpaired) electrons. The second-order valence-corrected chi connectivity index (χ2v) is 5.56. The molecule has 1 fully saturated rings. The Hall–Kier alpha value is -1.97. The van der Waals surface area contributed by atoms with Crippen molar-refractivity contribution < 1.29 is 35.9 Å². The van der Waals surface area contributed by atoms with Gasteiger partial charge in [0.2, 0.25) is 0 Å². The molecule has 1 aliphatic rings. The van der Waals surface area contributed by atoms with Crippen LogP contribution in [-0.2, 0) is 10.9 Å². The molecule has 4 nitrogen and oxygen atoms in total. The van der Waals surface area contributed by atoms with Crippen molar-refractivity contribution in [3.8, 4) is 0 Å². The van der Waals surface area contributed by atoms with Crippen LogP contribution in [0.25, 0.3) is 0 Å². The fourth-order valence-electron chi connectivity index (χ4n) is 2.58. The third-order valence-electron chi connectivity index (χ3n) is 3.72. The molecule has 0 saturated carbocycles. The Morgan fingerprint density at radius 3 is 2.28 bits per heavy atom. The summed E-state index contributed by atoms with van der Waals surface area (Å²) in [4.78, 5) is 12.8. The molecule has 1 aliphatic heterocycles. The van der Waals surface area contributed by atoms with Crippen LogP contribution >= 0.6 is 0 Å². The molecule has 1 saturated heterocycles. The van der Waals surface area contributed by atoms with Gasteiger partial charge in [-0.3, -0.25) is 0 Å². The number of carbonyl (C=O) groups is 1. The number of benzene rings is 1. The van der Waals surface area contributed by atoms with Gasteiger partial charge in [-0.15, -0.1) is 0 Å². The number of carbonyl (C=O) groups excluding carboxylic acids is 1. The highest BCUT2D eigenvalue weighted by molar-refractivity contribution is 5.90. The van der Waals surface area contributed by atoms with Crippen LogP contribution in [0.5, 0.6) is 0 Å². The number of hydrogen-bond acceptors (Lipinski definition) is 2. The largest absolute Gasteiger partial charge is 0.418 e. The fraction of sp³-hybridized carbons (Fsp3) is 0.533. The van der Waals surface area contributed by atoms with Crippen molar-refractivity contribution in [1.82, 2.24) is 4.90 Å². The predicted molar refractivity (Wildman–Crippen MR) is 77.1 cm³/mol. The van der Waals surface area contributed by atoms with Crippen LogP contribution < -0.4 is 5.32 Å². The van der Waals surface area contributed by atoms with E-state index in [4.69, 9.17) is 4.74 Å². The second-order valence-electron chi connectivity index (χ2n) is 5.56. The van der Waals surface area contributed by atoms with Gasteiger partial charge in [0.25, 0.3) is 0 Å². The summed E-state index contributed by atoms with van der Waals surface area (Å²) in [5.74, 6) is 0. The van der Waals surface area contributed by atoms with E-state index in [-0.39, 0.29) is 26.1 Å². The molecule has 1 N–H and O–H groups in total. The first kappa shape index (κ1) is 19.4. The third-order valence-corrected chi connectivity index (χ3v) is 3.72. The van der Waals surface area contributed by atoms with E-state index < -0.39 is 42.2 Å². The van der Waals surface area contributed by atoms with Crippen molar-refractivity contribution in [2.24, 2.45) is 0 Å². The number of urea groups is 1. The van der Waals surface area contributed by atoms with Crippen LogP contribution in [0.1, 0.15) is 18.4 Å². The van der Waals surface area contributed by atoms with Gasteiger partial charge in [-0.25, -0.2) is 4.79 Å².